The van der Waals surface area contributed by atoms with Crippen LogP contribution in [0.2, 0.25) is 0 Å². The molecule has 7 nitrogen and oxygen atoms in total. The number of ether oxygens (including phenoxy) is 1. The van der Waals surface area contributed by atoms with Crippen LogP contribution in [-0.4, -0.2) is 9.85 Å². The van der Waals surface area contributed by atoms with Gasteiger partial charge in [-0.2, -0.15) is 0 Å². The quantitative estimate of drug-likeness (QED) is 0.228. The molecule has 0 aliphatic heterocycles. The van der Waals surface area contributed by atoms with Crippen LogP contribution in [0.3, 0.4) is 0 Å². The van der Waals surface area contributed by atoms with E-state index in [-0.39, 0.29) is 21.2 Å². The van der Waals surface area contributed by atoms with Gasteiger partial charge < -0.3 is 4.74 Å². The number of nitrogens with zero attached hydrogens (tertiary/aromatic N) is 2. The van der Waals surface area contributed by atoms with Crippen LogP contribution < -0.4 is 0 Å². The van der Waals surface area contributed by atoms with Crippen molar-refractivity contribution in [3.8, 4) is 22.3 Å². The lowest BCUT2D eigenvalue weighted by Crippen LogP contribution is -1.96. The third-order valence-corrected chi connectivity index (χ3v) is 5.21. The van der Waals surface area contributed by atoms with Gasteiger partial charge >= 0.3 is 0 Å². The number of nitro benzene ring substituents is 2. The van der Waals surface area contributed by atoms with Gasteiger partial charge in [0.2, 0.25) is 0 Å². The van der Waals surface area contributed by atoms with Crippen LogP contribution in [0, 0.1) is 20.2 Å². The predicted molar refractivity (Wildman–Crippen MR) is 126 cm³/mol. The maximum atomic E-state index is 11.3. The summed E-state index contributed by atoms with van der Waals surface area (Å²) in [4.78, 5) is 21.9. The summed E-state index contributed by atoms with van der Waals surface area (Å²) in [6.07, 6.45) is 0. The lowest BCUT2D eigenvalue weighted by molar-refractivity contribution is -0.384. The molecule has 0 amide bonds. The molecule has 164 valence electrons. The largest absolute Gasteiger partial charge is 0.372 e. The molecule has 0 aromatic heterocycles. The Hall–Kier alpha value is -4.36. The predicted octanol–water partition coefficient (Wildman–Crippen LogP) is 6.55. The van der Waals surface area contributed by atoms with E-state index in [1.807, 2.05) is 48.5 Å². The molecule has 0 atom stereocenters. The lowest BCUT2D eigenvalue weighted by Gasteiger charge is -2.09. The molecule has 0 fully saturated rings. The smallest absolute Gasteiger partial charge is 0.277 e. The van der Waals surface area contributed by atoms with Crippen molar-refractivity contribution in [2.24, 2.45) is 0 Å². The summed E-state index contributed by atoms with van der Waals surface area (Å²) < 4.78 is 5.88. The Bertz CT molecular complexity index is 1220. The summed E-state index contributed by atoms with van der Waals surface area (Å²) in [6, 6.07) is 28.2. The second-order valence-corrected chi connectivity index (χ2v) is 7.44. The zero-order valence-corrected chi connectivity index (χ0v) is 17.6. The average Bonchev–Trinajstić information content (AvgIpc) is 2.84. The lowest BCUT2D eigenvalue weighted by atomic mass is 10.0. The Balaban J connectivity index is 1.47. The third-order valence-electron chi connectivity index (χ3n) is 5.21. The minimum absolute atomic E-state index is 0.0578. The van der Waals surface area contributed by atoms with E-state index in [2.05, 4.69) is 0 Å². The van der Waals surface area contributed by atoms with Crippen LogP contribution >= 0.6 is 0 Å². The second-order valence-electron chi connectivity index (χ2n) is 7.44. The number of rotatable bonds is 8. The highest BCUT2D eigenvalue weighted by molar-refractivity contribution is 5.74. The summed E-state index contributed by atoms with van der Waals surface area (Å²) >= 11 is 0. The van der Waals surface area contributed by atoms with Crippen molar-refractivity contribution in [2.45, 2.75) is 13.2 Å². The molecule has 0 aliphatic carbocycles. The van der Waals surface area contributed by atoms with Crippen LogP contribution in [-0.2, 0) is 18.0 Å². The number of hydrogen-bond acceptors (Lipinski definition) is 5. The zero-order valence-electron chi connectivity index (χ0n) is 17.6. The van der Waals surface area contributed by atoms with E-state index >= 15 is 0 Å². The van der Waals surface area contributed by atoms with Crippen LogP contribution in [0.1, 0.15) is 11.1 Å². The number of nitro groups is 2. The summed E-state index contributed by atoms with van der Waals surface area (Å²) in [5.41, 5.74) is 4.51. The summed E-state index contributed by atoms with van der Waals surface area (Å²) in [5.74, 6) is 0. The fourth-order valence-corrected chi connectivity index (χ4v) is 3.70. The number of hydrogen-bond donors (Lipinski definition) is 0. The van der Waals surface area contributed by atoms with Gasteiger partial charge in [0.15, 0.2) is 0 Å². The minimum Gasteiger partial charge on any atom is -0.372 e. The Labute approximate surface area is 190 Å². The Kier molecular flexibility index (Phi) is 6.52. The second kappa shape index (κ2) is 9.84. The molecule has 0 saturated carbocycles. The van der Waals surface area contributed by atoms with E-state index < -0.39 is 0 Å². The molecule has 0 spiro atoms. The monoisotopic (exact) mass is 440 g/mol. The maximum Gasteiger partial charge on any atom is 0.277 e. The van der Waals surface area contributed by atoms with Gasteiger partial charge in [-0.05, 0) is 46.5 Å². The summed E-state index contributed by atoms with van der Waals surface area (Å²) in [5, 5.41) is 22.7. The molecule has 0 aliphatic rings. The fraction of sp³-hybridized carbons (Fsp3) is 0.0769. The van der Waals surface area contributed by atoms with Gasteiger partial charge in [0, 0.05) is 12.1 Å². The van der Waals surface area contributed by atoms with Crippen LogP contribution in [0.25, 0.3) is 22.3 Å². The van der Waals surface area contributed by atoms with E-state index in [0.29, 0.717) is 24.3 Å². The number of para-hydroxylation sites is 2. The van der Waals surface area contributed by atoms with Gasteiger partial charge in [0.05, 0.1) is 34.2 Å². The minimum atomic E-state index is -0.386. The molecule has 4 rings (SSSR count). The van der Waals surface area contributed by atoms with Crippen molar-refractivity contribution in [2.75, 3.05) is 0 Å². The molecular formula is C26H20N2O5. The van der Waals surface area contributed by atoms with Crippen molar-refractivity contribution >= 4 is 11.4 Å². The third kappa shape index (κ3) is 5.11. The first kappa shape index (κ1) is 21.9. The van der Waals surface area contributed by atoms with Crippen LogP contribution in [0.4, 0.5) is 11.4 Å². The van der Waals surface area contributed by atoms with Crippen molar-refractivity contribution < 1.29 is 14.6 Å². The van der Waals surface area contributed by atoms with Gasteiger partial charge in [-0.25, -0.2) is 0 Å². The number of benzene rings is 4. The van der Waals surface area contributed by atoms with Gasteiger partial charge in [-0.15, -0.1) is 0 Å². The van der Waals surface area contributed by atoms with Crippen molar-refractivity contribution in [1.82, 2.24) is 0 Å². The topological polar surface area (TPSA) is 95.5 Å². The molecule has 4 aromatic rings. The molecule has 0 N–H and O–H groups in total. The maximum absolute atomic E-state index is 11.3. The van der Waals surface area contributed by atoms with Crippen molar-refractivity contribution in [1.29, 1.82) is 0 Å². The molecular weight excluding hydrogens is 420 g/mol. The van der Waals surface area contributed by atoms with E-state index in [0.717, 1.165) is 22.3 Å². The highest BCUT2D eigenvalue weighted by Gasteiger charge is 2.15. The molecule has 33 heavy (non-hydrogen) atoms. The molecule has 7 heteroatoms. The molecule has 0 radical (unpaired) electrons. The van der Waals surface area contributed by atoms with Gasteiger partial charge in [0.25, 0.3) is 11.4 Å². The van der Waals surface area contributed by atoms with Crippen LogP contribution in [0.15, 0.2) is 97.1 Å². The molecule has 0 bridgehead atoms. The van der Waals surface area contributed by atoms with Gasteiger partial charge in [-0.3, -0.25) is 20.2 Å². The zero-order chi connectivity index (χ0) is 23.2. The summed E-state index contributed by atoms with van der Waals surface area (Å²) in [7, 11) is 0. The summed E-state index contributed by atoms with van der Waals surface area (Å²) in [6.45, 7) is 0.647. The van der Waals surface area contributed by atoms with Crippen molar-refractivity contribution in [3.05, 3.63) is 128 Å². The standard InChI is InChI=1S/C26H20N2O5/c29-27(30)25-13-3-1-11-23(25)21-9-5-7-19(15-21)17-33-18-20-8-6-10-22(16-20)24-12-2-4-14-26(24)28(31)32/h1-16H,17-18H2. The highest BCUT2D eigenvalue weighted by Crippen LogP contribution is 2.31. The SMILES string of the molecule is O=[N+]([O-])c1ccccc1-c1cccc(COCc2cccc(-c3ccccc3[N+](=O)[O-])c2)c1. The van der Waals surface area contributed by atoms with Gasteiger partial charge in [-0.1, -0.05) is 60.7 Å². The highest BCUT2D eigenvalue weighted by atomic mass is 16.6. The first-order valence-electron chi connectivity index (χ1n) is 10.3. The molecule has 0 heterocycles. The first-order valence-corrected chi connectivity index (χ1v) is 10.3. The molecule has 0 saturated heterocycles. The molecule has 4 aromatic carbocycles. The van der Waals surface area contributed by atoms with Gasteiger partial charge in [0.1, 0.15) is 0 Å². The average molecular weight is 440 g/mol. The van der Waals surface area contributed by atoms with Crippen molar-refractivity contribution in [3.63, 3.8) is 0 Å². The van der Waals surface area contributed by atoms with Crippen LogP contribution in [0.5, 0.6) is 0 Å². The normalized spacial score (nSPS) is 10.7. The van der Waals surface area contributed by atoms with E-state index in [9.17, 15) is 20.2 Å². The Morgan fingerprint density at radius 3 is 1.42 bits per heavy atom. The Morgan fingerprint density at radius 1 is 0.576 bits per heavy atom. The Morgan fingerprint density at radius 2 is 1.00 bits per heavy atom. The molecule has 0 unspecified atom stereocenters. The van der Waals surface area contributed by atoms with E-state index in [1.165, 1.54) is 12.1 Å². The van der Waals surface area contributed by atoms with E-state index in [1.54, 1.807) is 36.4 Å². The fourth-order valence-electron chi connectivity index (χ4n) is 3.70. The first-order chi connectivity index (χ1) is 16.0. The van der Waals surface area contributed by atoms with E-state index in [4.69, 9.17) is 4.74 Å².